The van der Waals surface area contributed by atoms with Gasteiger partial charge in [0.25, 0.3) is 0 Å². The van der Waals surface area contributed by atoms with Crippen molar-refractivity contribution in [2.75, 3.05) is 18.1 Å². The number of hydrogen-bond acceptors (Lipinski definition) is 5. The van der Waals surface area contributed by atoms with E-state index in [-0.39, 0.29) is 11.4 Å². The minimum atomic E-state index is -0.960. The first-order chi connectivity index (χ1) is 9.56. The molecule has 1 atom stereocenters. The highest BCUT2D eigenvalue weighted by atomic mass is 16.6. The fraction of sp³-hybridized carbons (Fsp3) is 0.462. The van der Waals surface area contributed by atoms with Gasteiger partial charge in [-0.1, -0.05) is 6.07 Å². The van der Waals surface area contributed by atoms with E-state index < -0.39 is 16.9 Å². The molecule has 0 aliphatic carbocycles. The number of rotatable bonds is 5. The highest BCUT2D eigenvalue weighted by molar-refractivity contribution is 5.82. The number of nitro benzene ring substituents is 1. The van der Waals surface area contributed by atoms with E-state index in [1.54, 1.807) is 24.0 Å². The Kier molecular flexibility index (Phi) is 4.07. The van der Waals surface area contributed by atoms with Crippen LogP contribution in [0.4, 0.5) is 11.4 Å². The zero-order valence-electron chi connectivity index (χ0n) is 11.1. The van der Waals surface area contributed by atoms with Crippen molar-refractivity contribution >= 4 is 17.3 Å². The van der Waals surface area contributed by atoms with Gasteiger partial charge < -0.3 is 14.7 Å². The highest BCUT2D eigenvalue weighted by Gasteiger charge is 2.35. The molecule has 0 radical (unpaired) electrons. The molecule has 1 heterocycles. The summed E-state index contributed by atoms with van der Waals surface area (Å²) in [6, 6.07) is 4.02. The SMILES string of the molecule is CCOc1cccc(N2CCCC2C(=O)O)c1[N+](=O)[O-]. The molecule has 20 heavy (non-hydrogen) atoms. The normalized spacial score (nSPS) is 18.1. The van der Waals surface area contributed by atoms with Gasteiger partial charge in [0.1, 0.15) is 11.7 Å². The number of carbonyl (C=O) groups is 1. The summed E-state index contributed by atoms with van der Waals surface area (Å²) in [5.74, 6) is -0.787. The minimum Gasteiger partial charge on any atom is -0.487 e. The largest absolute Gasteiger partial charge is 0.487 e. The summed E-state index contributed by atoms with van der Waals surface area (Å²) in [6.07, 6.45) is 1.19. The first-order valence-electron chi connectivity index (χ1n) is 6.46. The molecule has 7 nitrogen and oxygen atoms in total. The highest BCUT2D eigenvalue weighted by Crippen LogP contribution is 2.40. The van der Waals surface area contributed by atoms with Crippen LogP contribution in [0.5, 0.6) is 5.75 Å². The second-order valence-corrected chi connectivity index (χ2v) is 4.50. The maximum absolute atomic E-state index is 11.3. The third kappa shape index (κ3) is 2.52. The fourth-order valence-corrected chi connectivity index (χ4v) is 2.51. The van der Waals surface area contributed by atoms with Crippen LogP contribution in [0.25, 0.3) is 0 Å². The zero-order valence-corrected chi connectivity index (χ0v) is 11.1. The summed E-state index contributed by atoms with van der Waals surface area (Å²) in [6.45, 7) is 2.55. The molecule has 1 aliphatic rings. The summed E-state index contributed by atoms with van der Waals surface area (Å²) in [5, 5.41) is 20.5. The van der Waals surface area contributed by atoms with Crippen molar-refractivity contribution in [3.63, 3.8) is 0 Å². The van der Waals surface area contributed by atoms with E-state index in [1.165, 1.54) is 6.07 Å². The van der Waals surface area contributed by atoms with Crippen molar-refractivity contribution in [2.45, 2.75) is 25.8 Å². The van der Waals surface area contributed by atoms with Gasteiger partial charge >= 0.3 is 11.7 Å². The van der Waals surface area contributed by atoms with Crippen LogP contribution in [0.15, 0.2) is 18.2 Å². The molecule has 1 fully saturated rings. The van der Waals surface area contributed by atoms with Gasteiger partial charge in [-0.15, -0.1) is 0 Å². The van der Waals surface area contributed by atoms with E-state index in [4.69, 9.17) is 4.74 Å². The molecule has 0 saturated carbocycles. The van der Waals surface area contributed by atoms with Crippen LogP contribution in [0.2, 0.25) is 0 Å². The fourth-order valence-electron chi connectivity index (χ4n) is 2.51. The van der Waals surface area contributed by atoms with Crippen molar-refractivity contribution in [1.29, 1.82) is 0 Å². The van der Waals surface area contributed by atoms with Crippen molar-refractivity contribution in [2.24, 2.45) is 0 Å². The van der Waals surface area contributed by atoms with Crippen LogP contribution in [-0.4, -0.2) is 35.2 Å². The number of nitrogens with zero attached hydrogens (tertiary/aromatic N) is 2. The van der Waals surface area contributed by atoms with Crippen molar-refractivity contribution < 1.29 is 19.6 Å². The van der Waals surface area contributed by atoms with Crippen molar-refractivity contribution in [1.82, 2.24) is 0 Å². The molecule has 1 saturated heterocycles. The van der Waals surface area contributed by atoms with Gasteiger partial charge in [0.15, 0.2) is 5.75 Å². The number of carboxylic acid groups (broad SMARTS) is 1. The zero-order chi connectivity index (χ0) is 14.7. The molecule has 1 N–H and O–H groups in total. The van der Waals surface area contributed by atoms with Gasteiger partial charge in [0, 0.05) is 6.54 Å². The van der Waals surface area contributed by atoms with E-state index >= 15 is 0 Å². The lowest BCUT2D eigenvalue weighted by atomic mass is 10.2. The summed E-state index contributed by atoms with van der Waals surface area (Å²) in [7, 11) is 0. The van der Waals surface area contributed by atoms with E-state index in [1.807, 2.05) is 0 Å². The van der Waals surface area contributed by atoms with E-state index in [0.717, 1.165) is 0 Å². The summed E-state index contributed by atoms with van der Waals surface area (Å²) in [5.41, 5.74) is 0.147. The molecule has 7 heteroatoms. The van der Waals surface area contributed by atoms with Crippen LogP contribution in [0, 0.1) is 10.1 Å². The van der Waals surface area contributed by atoms with E-state index in [0.29, 0.717) is 31.7 Å². The van der Waals surface area contributed by atoms with Crippen molar-refractivity contribution in [3.05, 3.63) is 28.3 Å². The first kappa shape index (κ1) is 14.1. The van der Waals surface area contributed by atoms with Gasteiger partial charge in [0.2, 0.25) is 0 Å². The Morgan fingerprint density at radius 1 is 1.60 bits per heavy atom. The standard InChI is InChI=1S/C13H16N2O5/c1-2-20-11-7-3-5-9(12(11)15(18)19)14-8-4-6-10(14)13(16)17/h3,5,7,10H,2,4,6,8H2,1H3,(H,16,17). The third-order valence-electron chi connectivity index (χ3n) is 3.31. The Bertz CT molecular complexity index is 531. The summed E-state index contributed by atoms with van der Waals surface area (Å²) in [4.78, 5) is 23.6. The monoisotopic (exact) mass is 280 g/mol. The predicted molar refractivity (Wildman–Crippen MR) is 72.3 cm³/mol. The number of hydrogen-bond donors (Lipinski definition) is 1. The second kappa shape index (κ2) is 5.77. The molecular weight excluding hydrogens is 264 g/mol. The Balaban J connectivity index is 2.47. The maximum atomic E-state index is 11.3. The number of ether oxygens (including phenoxy) is 1. The molecule has 0 amide bonds. The average Bonchev–Trinajstić information content (AvgIpc) is 2.87. The molecule has 108 valence electrons. The first-order valence-corrected chi connectivity index (χ1v) is 6.46. The van der Waals surface area contributed by atoms with Crippen LogP contribution < -0.4 is 9.64 Å². The minimum absolute atomic E-state index is 0.164. The Hall–Kier alpha value is -2.31. The van der Waals surface area contributed by atoms with E-state index in [9.17, 15) is 20.0 Å². The summed E-state index contributed by atoms with van der Waals surface area (Å²) >= 11 is 0. The van der Waals surface area contributed by atoms with Gasteiger partial charge in [-0.2, -0.15) is 0 Å². The number of benzene rings is 1. The van der Waals surface area contributed by atoms with Crippen LogP contribution >= 0.6 is 0 Å². The predicted octanol–water partition coefficient (Wildman–Crippen LogP) is 2.05. The number of carboxylic acids is 1. The Labute approximate surface area is 115 Å². The second-order valence-electron chi connectivity index (χ2n) is 4.50. The molecule has 1 aromatic rings. The molecule has 0 aromatic heterocycles. The lowest BCUT2D eigenvalue weighted by Crippen LogP contribution is -2.36. The number of aliphatic carboxylic acids is 1. The lowest BCUT2D eigenvalue weighted by Gasteiger charge is -2.23. The van der Waals surface area contributed by atoms with Gasteiger partial charge in [-0.05, 0) is 31.9 Å². The Morgan fingerprint density at radius 3 is 2.95 bits per heavy atom. The van der Waals surface area contributed by atoms with Gasteiger partial charge in [-0.3, -0.25) is 10.1 Å². The Morgan fingerprint density at radius 2 is 2.35 bits per heavy atom. The molecule has 1 aromatic carbocycles. The lowest BCUT2D eigenvalue weighted by molar-refractivity contribution is -0.385. The molecule has 0 bridgehead atoms. The van der Waals surface area contributed by atoms with Crippen LogP contribution in [-0.2, 0) is 4.79 Å². The smallest absolute Gasteiger partial charge is 0.333 e. The number of para-hydroxylation sites is 1. The quantitative estimate of drug-likeness (QED) is 0.655. The molecular formula is C13H16N2O5. The molecule has 1 unspecified atom stereocenters. The average molecular weight is 280 g/mol. The topological polar surface area (TPSA) is 92.9 Å². The third-order valence-corrected chi connectivity index (χ3v) is 3.31. The van der Waals surface area contributed by atoms with Crippen molar-refractivity contribution in [3.8, 4) is 5.75 Å². The van der Waals surface area contributed by atoms with Crippen LogP contribution in [0.1, 0.15) is 19.8 Å². The van der Waals surface area contributed by atoms with Gasteiger partial charge in [0.05, 0.1) is 11.5 Å². The maximum Gasteiger partial charge on any atom is 0.333 e. The summed E-state index contributed by atoms with van der Waals surface area (Å²) < 4.78 is 5.28. The molecule has 0 spiro atoms. The number of nitro groups is 1. The van der Waals surface area contributed by atoms with E-state index in [2.05, 4.69) is 0 Å². The number of anilines is 1. The van der Waals surface area contributed by atoms with Gasteiger partial charge in [-0.25, -0.2) is 4.79 Å². The molecule has 2 rings (SSSR count). The molecule has 1 aliphatic heterocycles. The van der Waals surface area contributed by atoms with Crippen LogP contribution in [0.3, 0.4) is 0 Å².